The van der Waals surface area contributed by atoms with Crippen LogP contribution >= 0.6 is 7.82 Å². The second-order valence-electron chi connectivity index (χ2n) is 15.2. The van der Waals surface area contributed by atoms with E-state index in [2.05, 4.69) is 67.0 Å². The van der Waals surface area contributed by atoms with Gasteiger partial charge in [-0.3, -0.25) is 28.2 Å². The Bertz CT molecular complexity index is 1470. The number of aliphatic carboxylic acids is 1. The number of nitrogens with two attached hydrogens (primary N) is 1. The zero-order valence-corrected chi connectivity index (χ0v) is 37.3. The summed E-state index contributed by atoms with van der Waals surface area (Å²) in [5.41, 5.74) is 5.32. The van der Waals surface area contributed by atoms with E-state index in [1.165, 1.54) is 0 Å². The summed E-state index contributed by atoms with van der Waals surface area (Å²) in [6, 6.07) is -1.57. The van der Waals surface area contributed by atoms with Crippen LogP contribution in [0.25, 0.3) is 0 Å². The van der Waals surface area contributed by atoms with Gasteiger partial charge in [0.15, 0.2) is 6.10 Å². The first-order valence-corrected chi connectivity index (χ1v) is 23.6. The number of rotatable bonds is 36. The van der Waals surface area contributed by atoms with Crippen LogP contribution < -0.4 is 5.73 Å². The smallest absolute Gasteiger partial charge is 0.472 e. The van der Waals surface area contributed by atoms with Crippen molar-refractivity contribution in [3.05, 3.63) is 72.9 Å². The number of carbonyl (C=O) groups is 4. The van der Waals surface area contributed by atoms with E-state index in [0.29, 0.717) is 38.5 Å². The molecule has 0 aromatic rings. The van der Waals surface area contributed by atoms with Crippen molar-refractivity contribution in [2.45, 2.75) is 160 Å². The van der Waals surface area contributed by atoms with E-state index < -0.39 is 75.8 Å². The van der Waals surface area contributed by atoms with E-state index in [1.807, 2.05) is 12.2 Å². The highest BCUT2D eigenvalue weighted by molar-refractivity contribution is 7.47. The van der Waals surface area contributed by atoms with Crippen LogP contribution in [0.5, 0.6) is 0 Å². The predicted molar refractivity (Wildman–Crippen MR) is 236 cm³/mol. The van der Waals surface area contributed by atoms with Crippen LogP contribution in [0.4, 0.5) is 0 Å². The number of unbranched alkanes of at least 4 members (excludes halogenated alkanes) is 6. The van der Waals surface area contributed by atoms with Gasteiger partial charge in [-0.25, -0.2) is 4.57 Å². The van der Waals surface area contributed by atoms with Crippen LogP contribution in [0.2, 0.25) is 0 Å². The Morgan fingerprint density at radius 1 is 0.787 bits per heavy atom. The molecule has 0 spiro atoms. The lowest BCUT2D eigenvalue weighted by atomic mass is 9.88. The number of Topliss-reactive ketones (excluding diaryl/α,β-unsaturated/α-hetero) is 1. The van der Waals surface area contributed by atoms with E-state index in [1.54, 1.807) is 12.2 Å². The van der Waals surface area contributed by atoms with Gasteiger partial charge >= 0.3 is 25.7 Å². The minimum absolute atomic E-state index is 0.0234. The maximum atomic E-state index is 12.7. The van der Waals surface area contributed by atoms with Gasteiger partial charge in [0, 0.05) is 25.2 Å². The zero-order valence-electron chi connectivity index (χ0n) is 36.4. The minimum atomic E-state index is -4.80. The van der Waals surface area contributed by atoms with E-state index in [-0.39, 0.29) is 31.0 Å². The van der Waals surface area contributed by atoms with Gasteiger partial charge in [0.1, 0.15) is 18.4 Å². The van der Waals surface area contributed by atoms with Crippen molar-refractivity contribution in [1.29, 1.82) is 0 Å². The van der Waals surface area contributed by atoms with Crippen LogP contribution in [-0.4, -0.2) is 88.1 Å². The first kappa shape index (κ1) is 55.5. The number of phosphoric acid groups is 1. The monoisotopic (exact) mass is 879 g/mol. The number of carbonyl (C=O) groups excluding carboxylic acids is 3. The highest BCUT2D eigenvalue weighted by atomic mass is 31.2. The van der Waals surface area contributed by atoms with Crippen molar-refractivity contribution in [2.24, 2.45) is 17.6 Å². The molecule has 346 valence electrons. The molecular formula is C46H74NO13P. The average Bonchev–Trinajstić information content (AvgIpc) is 3.49. The molecule has 0 aromatic heterocycles. The fourth-order valence-electron chi connectivity index (χ4n) is 6.36. The molecule has 0 bridgehead atoms. The van der Waals surface area contributed by atoms with Crippen LogP contribution in [0.3, 0.4) is 0 Å². The molecule has 1 aliphatic carbocycles. The van der Waals surface area contributed by atoms with E-state index in [4.69, 9.17) is 24.8 Å². The van der Waals surface area contributed by atoms with Crippen LogP contribution in [0.15, 0.2) is 72.9 Å². The van der Waals surface area contributed by atoms with Gasteiger partial charge in [-0.1, -0.05) is 125 Å². The largest absolute Gasteiger partial charge is 0.480 e. The lowest BCUT2D eigenvalue weighted by Gasteiger charge is -2.20. The molecule has 1 unspecified atom stereocenters. The maximum absolute atomic E-state index is 12.7. The molecule has 0 heterocycles. The van der Waals surface area contributed by atoms with E-state index in [9.17, 15) is 38.8 Å². The Morgan fingerprint density at radius 2 is 1.38 bits per heavy atom. The Balaban J connectivity index is 2.52. The Kier molecular flexibility index (Phi) is 31.9. The number of carboxylic acids is 1. The van der Waals surface area contributed by atoms with Gasteiger partial charge < -0.3 is 35.4 Å². The van der Waals surface area contributed by atoms with Crippen molar-refractivity contribution in [1.82, 2.24) is 0 Å². The maximum Gasteiger partial charge on any atom is 0.472 e. The lowest BCUT2D eigenvalue weighted by molar-refractivity contribution is -0.161. The molecule has 0 amide bonds. The van der Waals surface area contributed by atoms with Crippen molar-refractivity contribution >= 4 is 31.5 Å². The van der Waals surface area contributed by atoms with Gasteiger partial charge in [0.2, 0.25) is 0 Å². The standard InChI is InChI=1S/C46H74NO13P/c1-3-5-7-8-9-10-11-12-13-14-15-16-17-18-19-20-26-30-45(52)60-38(35-58-61(55,56)59-36-41(47)46(53)54)34-57-44(51)29-25-22-21-24-28-39-40(43(50)33-42(39)49)32-31-37(48)27-23-6-4-2/h5,7,9-10,12-13,15-16,18-19,31-32,37-42,48-49H,3-4,6,8,11,14,17,20-30,33-36,47H2,1-2H3,(H,53,54)(H,55,56)/b7-5-,10-9-,13-12-,16-15-,19-18-,32-31+/t37-,38+,39+,40+,41-,42-/m0/s1. The van der Waals surface area contributed by atoms with Gasteiger partial charge in [-0.05, 0) is 70.1 Å². The third-order valence-electron chi connectivity index (χ3n) is 9.85. The summed E-state index contributed by atoms with van der Waals surface area (Å²) in [5.74, 6) is -3.31. The number of phosphoric ester groups is 1. The lowest BCUT2D eigenvalue weighted by Crippen LogP contribution is -2.34. The molecule has 0 saturated heterocycles. The van der Waals surface area contributed by atoms with Crippen molar-refractivity contribution in [2.75, 3.05) is 19.8 Å². The van der Waals surface area contributed by atoms with Crippen molar-refractivity contribution < 1.29 is 62.5 Å². The number of hydrogen-bond acceptors (Lipinski definition) is 12. The average molecular weight is 880 g/mol. The molecule has 15 heteroatoms. The molecule has 1 fully saturated rings. The Morgan fingerprint density at radius 3 is 2.00 bits per heavy atom. The highest BCUT2D eigenvalue weighted by Crippen LogP contribution is 2.43. The molecule has 61 heavy (non-hydrogen) atoms. The number of carboxylic acid groups (broad SMARTS) is 1. The van der Waals surface area contributed by atoms with Gasteiger partial charge in [0.25, 0.3) is 0 Å². The molecule has 7 atom stereocenters. The van der Waals surface area contributed by atoms with E-state index >= 15 is 0 Å². The van der Waals surface area contributed by atoms with Crippen molar-refractivity contribution in [3.63, 3.8) is 0 Å². The van der Waals surface area contributed by atoms with Crippen molar-refractivity contribution in [3.8, 4) is 0 Å². The SMILES string of the molecule is CC/C=C\C/C=C\C/C=C\C/C=C\C/C=C\CCCC(=O)O[C@H](COC(=O)CCCCCC[C@H]1[C@@H](O)CC(=O)[C@@H]1/C=C/[C@@H](O)CCCCC)COP(=O)(O)OC[C@H](N)C(=O)O. The Labute approximate surface area is 363 Å². The summed E-state index contributed by atoms with van der Waals surface area (Å²) in [5, 5.41) is 29.7. The molecule has 6 N–H and O–H groups in total. The Hall–Kier alpha value is -3.49. The first-order chi connectivity index (χ1) is 29.3. The first-order valence-electron chi connectivity index (χ1n) is 22.1. The number of hydrogen-bond donors (Lipinski definition) is 5. The number of esters is 2. The molecule has 1 saturated carbocycles. The molecule has 14 nitrogen and oxygen atoms in total. The summed E-state index contributed by atoms with van der Waals surface area (Å²) in [7, 11) is -4.80. The topological polar surface area (TPSA) is 229 Å². The summed E-state index contributed by atoms with van der Waals surface area (Å²) >= 11 is 0. The summed E-state index contributed by atoms with van der Waals surface area (Å²) in [6.45, 7) is 2.27. The summed E-state index contributed by atoms with van der Waals surface area (Å²) in [4.78, 5) is 58.7. The second kappa shape index (κ2) is 35.0. The molecule has 0 aromatic carbocycles. The number of allylic oxidation sites excluding steroid dienone is 11. The van der Waals surface area contributed by atoms with Gasteiger partial charge in [-0.15, -0.1) is 0 Å². The highest BCUT2D eigenvalue weighted by Gasteiger charge is 2.39. The number of ketones is 1. The zero-order chi connectivity index (χ0) is 45.1. The third-order valence-corrected chi connectivity index (χ3v) is 10.8. The molecule has 0 aliphatic heterocycles. The molecule has 1 aliphatic rings. The van der Waals surface area contributed by atoms with Crippen LogP contribution in [0, 0.1) is 11.8 Å². The fourth-order valence-corrected chi connectivity index (χ4v) is 7.13. The minimum Gasteiger partial charge on any atom is -0.480 e. The normalized spacial score (nSPS) is 19.8. The molecule has 0 radical (unpaired) electrons. The quantitative estimate of drug-likeness (QED) is 0.0173. The van der Waals surface area contributed by atoms with Crippen LogP contribution in [0.1, 0.15) is 136 Å². The number of ether oxygens (including phenoxy) is 2. The van der Waals surface area contributed by atoms with E-state index in [0.717, 1.165) is 64.2 Å². The summed E-state index contributed by atoms with van der Waals surface area (Å²) in [6.07, 6.45) is 34.6. The van der Waals surface area contributed by atoms with Crippen LogP contribution in [-0.2, 0) is 42.3 Å². The molecule has 1 rings (SSSR count). The number of aliphatic hydroxyl groups excluding tert-OH is 2. The van der Waals surface area contributed by atoms with Gasteiger partial charge in [0.05, 0.1) is 25.4 Å². The predicted octanol–water partition coefficient (Wildman–Crippen LogP) is 8.31. The fraction of sp³-hybridized carbons (Fsp3) is 0.652. The number of aliphatic hydroxyl groups is 2. The van der Waals surface area contributed by atoms with Gasteiger partial charge in [-0.2, -0.15) is 0 Å². The summed E-state index contributed by atoms with van der Waals surface area (Å²) < 4.78 is 32.6. The molecular weight excluding hydrogens is 805 g/mol. The second-order valence-corrected chi connectivity index (χ2v) is 16.7. The third kappa shape index (κ3) is 29.4.